The lowest BCUT2D eigenvalue weighted by Crippen LogP contribution is -2.54. The number of carboxylic acid groups (broad SMARTS) is 1. The van der Waals surface area contributed by atoms with Gasteiger partial charge in [-0.25, -0.2) is 4.79 Å². The monoisotopic (exact) mass is 415 g/mol. The fourth-order valence-electron chi connectivity index (χ4n) is 2.42. The summed E-state index contributed by atoms with van der Waals surface area (Å²) in [5.74, 6) is -4.23. The summed E-state index contributed by atoms with van der Waals surface area (Å²) in [6.45, 7) is 6.96. The number of amides is 4. The van der Waals surface area contributed by atoms with Crippen molar-refractivity contribution >= 4 is 29.6 Å². The van der Waals surface area contributed by atoms with Crippen molar-refractivity contribution in [1.29, 1.82) is 0 Å². The third kappa shape index (κ3) is 10.4. The topological polar surface area (TPSA) is 194 Å². The molecule has 11 nitrogen and oxygen atoms in total. The fraction of sp³-hybridized carbons (Fsp3) is 0.722. The molecule has 0 spiro atoms. The maximum Gasteiger partial charge on any atom is 0.326 e. The smallest absolute Gasteiger partial charge is 0.326 e. The molecule has 0 aromatic heterocycles. The molecule has 0 saturated heterocycles. The molecular formula is C18H33N5O6. The lowest BCUT2D eigenvalue weighted by molar-refractivity contribution is -0.143. The van der Waals surface area contributed by atoms with Crippen molar-refractivity contribution in [3.63, 3.8) is 0 Å². The van der Waals surface area contributed by atoms with Gasteiger partial charge in [0.2, 0.25) is 23.6 Å². The number of primary amides is 1. The van der Waals surface area contributed by atoms with Crippen LogP contribution < -0.4 is 27.4 Å². The molecule has 0 aromatic carbocycles. The predicted octanol–water partition coefficient (Wildman–Crippen LogP) is -1.55. The molecule has 0 aliphatic rings. The average molecular weight is 415 g/mol. The number of nitrogens with one attached hydrogen (secondary N) is 3. The van der Waals surface area contributed by atoms with Crippen LogP contribution >= 0.6 is 0 Å². The van der Waals surface area contributed by atoms with Crippen LogP contribution in [0.4, 0.5) is 0 Å². The van der Waals surface area contributed by atoms with Crippen LogP contribution in [0.3, 0.4) is 0 Å². The zero-order valence-electron chi connectivity index (χ0n) is 17.4. The number of hydrogen-bond donors (Lipinski definition) is 6. The summed E-state index contributed by atoms with van der Waals surface area (Å²) < 4.78 is 0. The summed E-state index contributed by atoms with van der Waals surface area (Å²) in [6, 6.07) is -3.30. The van der Waals surface area contributed by atoms with E-state index in [-0.39, 0.29) is 24.8 Å². The van der Waals surface area contributed by atoms with E-state index < -0.39 is 54.1 Å². The van der Waals surface area contributed by atoms with E-state index in [4.69, 9.17) is 16.6 Å². The Kier molecular flexibility index (Phi) is 11.5. The van der Waals surface area contributed by atoms with Gasteiger partial charge in [0.15, 0.2) is 0 Å². The third-order valence-corrected chi connectivity index (χ3v) is 4.36. The molecule has 0 aliphatic heterocycles. The highest BCUT2D eigenvalue weighted by Gasteiger charge is 2.28. The molecule has 0 saturated carbocycles. The van der Waals surface area contributed by atoms with Crippen LogP contribution in [0.2, 0.25) is 0 Å². The summed E-state index contributed by atoms with van der Waals surface area (Å²) in [7, 11) is 0. The van der Waals surface area contributed by atoms with Gasteiger partial charge in [-0.15, -0.1) is 0 Å². The normalized spacial score (nSPS) is 15.0. The van der Waals surface area contributed by atoms with Crippen molar-refractivity contribution < 1.29 is 29.1 Å². The van der Waals surface area contributed by atoms with Gasteiger partial charge in [-0.05, 0) is 18.3 Å². The molecule has 4 atom stereocenters. The van der Waals surface area contributed by atoms with E-state index in [9.17, 15) is 24.0 Å². The summed E-state index contributed by atoms with van der Waals surface area (Å²) in [6.07, 6.45) is 0.348. The summed E-state index contributed by atoms with van der Waals surface area (Å²) in [4.78, 5) is 58.7. The zero-order chi connectivity index (χ0) is 22.7. The van der Waals surface area contributed by atoms with Gasteiger partial charge < -0.3 is 32.5 Å². The van der Waals surface area contributed by atoms with Crippen molar-refractivity contribution in [2.75, 3.05) is 6.54 Å². The van der Waals surface area contributed by atoms with Gasteiger partial charge in [-0.2, -0.15) is 0 Å². The molecule has 29 heavy (non-hydrogen) atoms. The Morgan fingerprint density at radius 2 is 1.55 bits per heavy atom. The highest BCUT2D eigenvalue weighted by Crippen LogP contribution is 2.07. The van der Waals surface area contributed by atoms with Gasteiger partial charge in [-0.3, -0.25) is 19.2 Å². The number of rotatable bonds is 13. The van der Waals surface area contributed by atoms with E-state index in [1.807, 2.05) is 27.7 Å². The molecule has 0 aliphatic carbocycles. The molecule has 166 valence electrons. The molecule has 11 heteroatoms. The highest BCUT2D eigenvalue weighted by molar-refractivity contribution is 5.93. The third-order valence-electron chi connectivity index (χ3n) is 4.36. The molecule has 0 rings (SSSR count). The Morgan fingerprint density at radius 3 is 2.00 bits per heavy atom. The molecule has 0 fully saturated rings. The highest BCUT2D eigenvalue weighted by atomic mass is 16.4. The molecule has 4 unspecified atom stereocenters. The van der Waals surface area contributed by atoms with E-state index >= 15 is 0 Å². The first-order chi connectivity index (χ1) is 13.4. The summed E-state index contributed by atoms with van der Waals surface area (Å²) >= 11 is 0. The Morgan fingerprint density at radius 1 is 0.966 bits per heavy atom. The Labute approximate surface area is 170 Å². The molecule has 0 heterocycles. The second-order valence-corrected chi connectivity index (χ2v) is 7.45. The van der Waals surface area contributed by atoms with Crippen LogP contribution in [0.25, 0.3) is 0 Å². The number of carboxylic acids is 1. The first-order valence-electron chi connectivity index (χ1n) is 9.53. The first-order valence-corrected chi connectivity index (χ1v) is 9.53. The van der Waals surface area contributed by atoms with Crippen molar-refractivity contribution in [2.24, 2.45) is 23.3 Å². The van der Waals surface area contributed by atoms with Crippen molar-refractivity contribution in [1.82, 2.24) is 16.0 Å². The molecule has 8 N–H and O–H groups in total. The van der Waals surface area contributed by atoms with Crippen LogP contribution in [-0.4, -0.2) is 59.4 Å². The van der Waals surface area contributed by atoms with Gasteiger partial charge in [0.1, 0.15) is 12.1 Å². The van der Waals surface area contributed by atoms with Gasteiger partial charge in [0.25, 0.3) is 0 Å². The van der Waals surface area contributed by atoms with Gasteiger partial charge >= 0.3 is 5.97 Å². The number of carbonyl (C=O) groups excluding carboxylic acids is 4. The van der Waals surface area contributed by atoms with Crippen LogP contribution in [0.1, 0.15) is 47.0 Å². The minimum Gasteiger partial charge on any atom is -0.480 e. The number of hydrogen-bond acceptors (Lipinski definition) is 6. The quantitative estimate of drug-likeness (QED) is 0.209. The SMILES string of the molecule is CCC(C)C(N)C(=O)NCC(=O)NC(CC(C)C)C(=O)NC(CC(N)=O)C(=O)O. The van der Waals surface area contributed by atoms with Crippen LogP contribution in [0.5, 0.6) is 0 Å². The zero-order valence-corrected chi connectivity index (χ0v) is 17.4. The minimum absolute atomic E-state index is 0.00103. The Hall–Kier alpha value is -2.69. The maximum atomic E-state index is 12.4. The lowest BCUT2D eigenvalue weighted by atomic mass is 9.99. The maximum absolute atomic E-state index is 12.4. The molecular weight excluding hydrogens is 382 g/mol. The second-order valence-electron chi connectivity index (χ2n) is 7.45. The predicted molar refractivity (Wildman–Crippen MR) is 105 cm³/mol. The average Bonchev–Trinajstić information content (AvgIpc) is 2.62. The van der Waals surface area contributed by atoms with Crippen molar-refractivity contribution in [2.45, 2.75) is 65.1 Å². The Balaban J connectivity index is 4.94. The molecule has 0 aromatic rings. The minimum atomic E-state index is -1.50. The van der Waals surface area contributed by atoms with E-state index in [2.05, 4.69) is 16.0 Å². The van der Waals surface area contributed by atoms with Gasteiger partial charge in [0.05, 0.1) is 19.0 Å². The summed E-state index contributed by atoms with van der Waals surface area (Å²) in [5, 5.41) is 16.2. The van der Waals surface area contributed by atoms with E-state index in [0.29, 0.717) is 6.42 Å². The molecule has 4 amide bonds. The van der Waals surface area contributed by atoms with E-state index in [1.165, 1.54) is 0 Å². The van der Waals surface area contributed by atoms with Gasteiger partial charge in [0, 0.05) is 0 Å². The fourth-order valence-corrected chi connectivity index (χ4v) is 2.42. The van der Waals surface area contributed by atoms with Gasteiger partial charge in [-0.1, -0.05) is 34.1 Å². The van der Waals surface area contributed by atoms with Crippen LogP contribution in [0, 0.1) is 11.8 Å². The number of aliphatic carboxylic acids is 1. The number of carbonyl (C=O) groups is 5. The van der Waals surface area contributed by atoms with Crippen molar-refractivity contribution in [3.05, 3.63) is 0 Å². The molecule has 0 bridgehead atoms. The summed E-state index contributed by atoms with van der Waals surface area (Å²) in [5.41, 5.74) is 10.8. The van der Waals surface area contributed by atoms with E-state index in [0.717, 1.165) is 0 Å². The Bertz CT molecular complexity index is 610. The van der Waals surface area contributed by atoms with Crippen LogP contribution in [0.15, 0.2) is 0 Å². The second kappa shape index (κ2) is 12.7. The van der Waals surface area contributed by atoms with Crippen molar-refractivity contribution in [3.8, 4) is 0 Å². The lowest BCUT2D eigenvalue weighted by Gasteiger charge is -2.23. The largest absolute Gasteiger partial charge is 0.480 e. The number of nitrogens with two attached hydrogens (primary N) is 2. The van der Waals surface area contributed by atoms with Crippen LogP contribution in [-0.2, 0) is 24.0 Å². The standard InChI is InChI=1S/C18H33N5O6/c1-5-10(4)15(20)17(27)21-8-14(25)22-11(6-9(2)3)16(26)23-12(18(28)29)7-13(19)24/h9-12,15H,5-8,20H2,1-4H3,(H2,19,24)(H,21,27)(H,22,25)(H,23,26)(H,28,29). The molecule has 0 radical (unpaired) electrons. The van der Waals surface area contributed by atoms with E-state index in [1.54, 1.807) is 0 Å². The first kappa shape index (κ1) is 26.3.